The topological polar surface area (TPSA) is 72.2 Å². The van der Waals surface area contributed by atoms with E-state index in [2.05, 4.69) is 11.2 Å². The quantitative estimate of drug-likeness (QED) is 0.832. The molecule has 0 fully saturated rings. The van der Waals surface area contributed by atoms with E-state index in [9.17, 15) is 9.59 Å². The zero-order chi connectivity index (χ0) is 14.5. The molecule has 0 saturated carbocycles. The van der Waals surface area contributed by atoms with Crippen LogP contribution < -0.4 is 11.1 Å². The molecule has 2 aromatic rings. The molecule has 0 heterocycles. The number of primary amides is 1. The fourth-order valence-corrected chi connectivity index (χ4v) is 1.67. The van der Waals surface area contributed by atoms with Gasteiger partial charge < -0.3 is 11.1 Å². The van der Waals surface area contributed by atoms with Crippen molar-refractivity contribution in [3.63, 3.8) is 0 Å². The molecule has 4 nitrogen and oxygen atoms in total. The maximum absolute atomic E-state index is 12.0. The van der Waals surface area contributed by atoms with Crippen molar-refractivity contribution in [1.29, 1.82) is 0 Å². The highest BCUT2D eigenvalue weighted by Crippen LogP contribution is 2.12. The molecule has 20 heavy (non-hydrogen) atoms. The van der Waals surface area contributed by atoms with Crippen LogP contribution in [0.5, 0.6) is 0 Å². The predicted molar refractivity (Wildman–Crippen MR) is 77.3 cm³/mol. The molecule has 98 valence electrons. The van der Waals surface area contributed by atoms with E-state index in [1.54, 1.807) is 48.5 Å². The van der Waals surface area contributed by atoms with Crippen LogP contribution in [-0.4, -0.2) is 11.8 Å². The molecular weight excluding hydrogens is 252 g/mol. The summed E-state index contributed by atoms with van der Waals surface area (Å²) in [5.41, 5.74) is 7.22. The van der Waals surface area contributed by atoms with Crippen molar-refractivity contribution >= 4 is 17.5 Å². The summed E-state index contributed by atoms with van der Waals surface area (Å²) in [6.07, 6.45) is 5.29. The molecule has 2 rings (SSSR count). The van der Waals surface area contributed by atoms with Gasteiger partial charge in [-0.25, -0.2) is 0 Å². The minimum Gasteiger partial charge on any atom is -0.366 e. The van der Waals surface area contributed by atoms with Crippen molar-refractivity contribution in [1.82, 2.24) is 0 Å². The first-order valence-electron chi connectivity index (χ1n) is 5.88. The Morgan fingerprint density at radius 3 is 2.35 bits per heavy atom. The van der Waals surface area contributed by atoms with Gasteiger partial charge in [-0.1, -0.05) is 12.0 Å². The van der Waals surface area contributed by atoms with Crippen LogP contribution in [0, 0.1) is 12.3 Å². The highest BCUT2D eigenvalue weighted by molar-refractivity contribution is 6.04. The van der Waals surface area contributed by atoms with Crippen molar-refractivity contribution in [2.75, 3.05) is 5.32 Å². The molecule has 4 heteroatoms. The van der Waals surface area contributed by atoms with Crippen LogP contribution in [0.4, 0.5) is 5.69 Å². The van der Waals surface area contributed by atoms with Crippen LogP contribution in [0.15, 0.2) is 48.5 Å². The Bertz CT molecular complexity index is 697. The fourth-order valence-electron chi connectivity index (χ4n) is 1.67. The van der Waals surface area contributed by atoms with Crippen molar-refractivity contribution in [3.05, 3.63) is 65.2 Å². The average Bonchev–Trinajstić information content (AvgIpc) is 2.47. The third kappa shape index (κ3) is 3.03. The van der Waals surface area contributed by atoms with Gasteiger partial charge in [0.15, 0.2) is 0 Å². The Kier molecular flexibility index (Phi) is 3.82. The number of nitrogens with two attached hydrogens (primary N) is 1. The second kappa shape index (κ2) is 5.72. The van der Waals surface area contributed by atoms with Crippen molar-refractivity contribution < 1.29 is 9.59 Å². The smallest absolute Gasteiger partial charge is 0.255 e. The first kappa shape index (κ1) is 13.4. The molecule has 0 aliphatic heterocycles. The van der Waals surface area contributed by atoms with Crippen molar-refractivity contribution in [3.8, 4) is 12.3 Å². The summed E-state index contributed by atoms with van der Waals surface area (Å²) in [4.78, 5) is 23.0. The molecule has 2 amide bonds. The fraction of sp³-hybridized carbons (Fsp3) is 0. The van der Waals surface area contributed by atoms with Crippen LogP contribution in [0.25, 0.3) is 0 Å². The Morgan fingerprint density at radius 2 is 1.75 bits per heavy atom. The number of hydrogen-bond acceptors (Lipinski definition) is 2. The number of benzene rings is 2. The van der Waals surface area contributed by atoms with Crippen LogP contribution >= 0.6 is 0 Å². The first-order chi connectivity index (χ1) is 9.60. The highest BCUT2D eigenvalue weighted by Gasteiger charge is 2.07. The normalized spacial score (nSPS) is 9.55. The number of nitrogens with one attached hydrogen (secondary N) is 1. The zero-order valence-corrected chi connectivity index (χ0v) is 10.6. The standard InChI is InChI=1S/C16H12N2O2/c1-2-11-4-3-5-13(10-11)16(20)18-14-8-6-12(7-9-14)15(17)19/h1,3-10H,(H2,17,19)(H,18,20). The Morgan fingerprint density at radius 1 is 1.05 bits per heavy atom. The van der Waals surface area contributed by atoms with Gasteiger partial charge in [-0.2, -0.15) is 0 Å². The maximum Gasteiger partial charge on any atom is 0.255 e. The van der Waals surface area contributed by atoms with Crippen LogP contribution in [0.3, 0.4) is 0 Å². The molecule has 0 aromatic heterocycles. The molecule has 0 spiro atoms. The van der Waals surface area contributed by atoms with E-state index in [1.807, 2.05) is 0 Å². The van der Waals surface area contributed by atoms with Gasteiger partial charge in [-0.3, -0.25) is 9.59 Å². The lowest BCUT2D eigenvalue weighted by Gasteiger charge is -2.06. The van der Waals surface area contributed by atoms with E-state index < -0.39 is 5.91 Å². The second-order valence-corrected chi connectivity index (χ2v) is 4.12. The minimum atomic E-state index is -0.510. The summed E-state index contributed by atoms with van der Waals surface area (Å²) in [6.45, 7) is 0. The lowest BCUT2D eigenvalue weighted by Crippen LogP contribution is -2.13. The molecule has 0 aliphatic rings. The summed E-state index contributed by atoms with van der Waals surface area (Å²) < 4.78 is 0. The number of rotatable bonds is 3. The van der Waals surface area contributed by atoms with E-state index in [-0.39, 0.29) is 5.91 Å². The largest absolute Gasteiger partial charge is 0.366 e. The van der Waals surface area contributed by atoms with Crippen molar-refractivity contribution in [2.24, 2.45) is 5.73 Å². The third-order valence-corrected chi connectivity index (χ3v) is 2.72. The first-order valence-corrected chi connectivity index (χ1v) is 5.88. The monoisotopic (exact) mass is 264 g/mol. The summed E-state index contributed by atoms with van der Waals surface area (Å²) >= 11 is 0. The van der Waals surface area contributed by atoms with Gasteiger partial charge in [0.1, 0.15) is 0 Å². The average molecular weight is 264 g/mol. The highest BCUT2D eigenvalue weighted by atomic mass is 16.2. The SMILES string of the molecule is C#Cc1cccc(C(=O)Nc2ccc(C(N)=O)cc2)c1. The Balaban J connectivity index is 2.15. The number of hydrogen-bond donors (Lipinski definition) is 2. The summed E-state index contributed by atoms with van der Waals surface area (Å²) in [6, 6.07) is 13.1. The molecule has 2 aromatic carbocycles. The Labute approximate surface area is 116 Å². The zero-order valence-electron chi connectivity index (χ0n) is 10.6. The van der Waals surface area contributed by atoms with Crippen LogP contribution in [0.2, 0.25) is 0 Å². The number of carbonyl (C=O) groups is 2. The molecule has 0 aliphatic carbocycles. The van der Waals surface area contributed by atoms with Gasteiger partial charge in [-0.15, -0.1) is 6.42 Å². The lowest BCUT2D eigenvalue weighted by molar-refractivity contribution is 0.0998. The van der Waals surface area contributed by atoms with Gasteiger partial charge in [0, 0.05) is 22.4 Å². The van der Waals surface area contributed by atoms with E-state index in [1.165, 1.54) is 0 Å². The third-order valence-electron chi connectivity index (χ3n) is 2.72. The minimum absolute atomic E-state index is 0.270. The number of terminal acetylenes is 1. The number of amides is 2. The summed E-state index contributed by atoms with van der Waals surface area (Å²) in [5, 5.41) is 2.72. The van der Waals surface area contributed by atoms with E-state index in [0.29, 0.717) is 22.4 Å². The molecule has 3 N–H and O–H groups in total. The van der Waals surface area contributed by atoms with E-state index in [0.717, 1.165) is 0 Å². The number of anilines is 1. The van der Waals surface area contributed by atoms with E-state index >= 15 is 0 Å². The molecule has 0 atom stereocenters. The van der Waals surface area contributed by atoms with Crippen LogP contribution in [-0.2, 0) is 0 Å². The molecule has 0 radical (unpaired) electrons. The second-order valence-electron chi connectivity index (χ2n) is 4.12. The van der Waals surface area contributed by atoms with Gasteiger partial charge in [-0.05, 0) is 42.5 Å². The molecule has 0 saturated heterocycles. The van der Waals surface area contributed by atoms with E-state index in [4.69, 9.17) is 12.2 Å². The molecule has 0 bridgehead atoms. The number of carbonyl (C=O) groups excluding carboxylic acids is 2. The van der Waals surface area contributed by atoms with Gasteiger partial charge in [0.05, 0.1) is 0 Å². The van der Waals surface area contributed by atoms with Gasteiger partial charge in [0.2, 0.25) is 5.91 Å². The summed E-state index contributed by atoms with van der Waals surface area (Å²) in [7, 11) is 0. The Hall–Kier alpha value is -3.06. The maximum atomic E-state index is 12.0. The van der Waals surface area contributed by atoms with Crippen LogP contribution in [0.1, 0.15) is 26.3 Å². The predicted octanol–water partition coefficient (Wildman–Crippen LogP) is 2.02. The van der Waals surface area contributed by atoms with Crippen molar-refractivity contribution in [2.45, 2.75) is 0 Å². The van der Waals surface area contributed by atoms with Gasteiger partial charge >= 0.3 is 0 Å². The summed E-state index contributed by atoms with van der Waals surface area (Å²) in [5.74, 6) is 1.70. The molecule has 0 unspecified atom stereocenters. The molecular formula is C16H12N2O2. The lowest BCUT2D eigenvalue weighted by atomic mass is 10.1. The van der Waals surface area contributed by atoms with Gasteiger partial charge in [0.25, 0.3) is 5.91 Å².